The predicted molar refractivity (Wildman–Crippen MR) is 101 cm³/mol. The van der Waals surface area contributed by atoms with Gasteiger partial charge in [-0.15, -0.1) is 12.4 Å². The van der Waals surface area contributed by atoms with E-state index in [9.17, 15) is 9.59 Å². The molecular weight excluding hydrogens is 356 g/mol. The summed E-state index contributed by atoms with van der Waals surface area (Å²) < 4.78 is 5.30. The van der Waals surface area contributed by atoms with Crippen molar-refractivity contribution in [2.24, 2.45) is 5.73 Å². The molecule has 0 radical (unpaired) electrons. The van der Waals surface area contributed by atoms with Crippen LogP contribution in [0.3, 0.4) is 0 Å². The molecule has 1 amide bonds. The number of benzene rings is 2. The van der Waals surface area contributed by atoms with Crippen molar-refractivity contribution in [3.63, 3.8) is 0 Å². The first-order valence-corrected chi connectivity index (χ1v) is 8.09. The van der Waals surface area contributed by atoms with Crippen LogP contribution in [0.5, 0.6) is 0 Å². The summed E-state index contributed by atoms with van der Waals surface area (Å²) in [6.07, 6.45) is -0.786. The number of fused-ring (bicyclic) bond motifs is 3. The Balaban J connectivity index is 0.00000243. The molecule has 4 N–H and O–H groups in total. The lowest BCUT2D eigenvalue weighted by Crippen LogP contribution is -2.51. The van der Waals surface area contributed by atoms with Gasteiger partial charge in [0.05, 0.1) is 0 Å². The minimum absolute atomic E-state index is 0. The number of nitrogens with two attached hydrogens (primary N) is 1. The number of carbonyl (C=O) groups is 2. The molecule has 0 saturated heterocycles. The second-order valence-electron chi connectivity index (χ2n) is 6.14. The fraction of sp³-hybridized carbons (Fsp3) is 0.263. The van der Waals surface area contributed by atoms with E-state index in [1.807, 2.05) is 48.5 Å². The Kier molecular flexibility index (Phi) is 6.23. The van der Waals surface area contributed by atoms with Crippen molar-refractivity contribution in [3.05, 3.63) is 59.7 Å². The third-order valence-corrected chi connectivity index (χ3v) is 4.41. The normalized spacial score (nSPS) is 14.4. The summed E-state index contributed by atoms with van der Waals surface area (Å²) >= 11 is 0. The standard InChI is InChI=1S/C19H20N2O4.ClH/c1-11(20)17(18(22)23)21-19(24)25-10-16-14-8-4-2-6-12(14)13-7-3-5-9-15(13)16;/h2-9,11,16-17H,10,20H2,1H3,(H,21,24)(H,22,23);1H/t11-,17-;/m1./s1. The van der Waals surface area contributed by atoms with Crippen molar-refractivity contribution >= 4 is 24.5 Å². The van der Waals surface area contributed by atoms with E-state index in [-0.39, 0.29) is 24.9 Å². The van der Waals surface area contributed by atoms with E-state index < -0.39 is 24.1 Å². The van der Waals surface area contributed by atoms with Crippen LogP contribution in [-0.2, 0) is 9.53 Å². The van der Waals surface area contributed by atoms with E-state index >= 15 is 0 Å². The van der Waals surface area contributed by atoms with E-state index in [1.54, 1.807) is 0 Å². The molecule has 138 valence electrons. The lowest BCUT2D eigenvalue weighted by Gasteiger charge is -2.19. The summed E-state index contributed by atoms with van der Waals surface area (Å²) in [5.74, 6) is -1.26. The maximum Gasteiger partial charge on any atom is 0.407 e. The minimum atomic E-state index is -1.19. The molecule has 2 aromatic rings. The first-order valence-electron chi connectivity index (χ1n) is 8.09. The third kappa shape index (κ3) is 3.81. The van der Waals surface area contributed by atoms with E-state index in [4.69, 9.17) is 15.6 Å². The minimum Gasteiger partial charge on any atom is -0.480 e. The number of halogens is 1. The van der Waals surface area contributed by atoms with Gasteiger partial charge in [-0.1, -0.05) is 48.5 Å². The zero-order valence-corrected chi connectivity index (χ0v) is 15.0. The van der Waals surface area contributed by atoms with Crippen LogP contribution in [0.1, 0.15) is 24.0 Å². The van der Waals surface area contributed by atoms with Crippen LogP contribution in [0.2, 0.25) is 0 Å². The zero-order chi connectivity index (χ0) is 18.0. The van der Waals surface area contributed by atoms with Gasteiger partial charge in [-0.2, -0.15) is 0 Å². The summed E-state index contributed by atoms with van der Waals surface area (Å²) in [6, 6.07) is 14.1. The van der Waals surface area contributed by atoms with Gasteiger partial charge in [-0.25, -0.2) is 9.59 Å². The van der Waals surface area contributed by atoms with Gasteiger partial charge in [0.2, 0.25) is 0 Å². The largest absolute Gasteiger partial charge is 0.480 e. The van der Waals surface area contributed by atoms with Gasteiger partial charge in [-0.05, 0) is 29.2 Å². The lowest BCUT2D eigenvalue weighted by atomic mass is 9.98. The highest BCUT2D eigenvalue weighted by atomic mass is 35.5. The topological polar surface area (TPSA) is 102 Å². The number of rotatable bonds is 5. The Labute approximate surface area is 157 Å². The molecule has 3 rings (SSSR count). The van der Waals surface area contributed by atoms with Crippen LogP contribution in [0.15, 0.2) is 48.5 Å². The molecule has 0 aromatic heterocycles. The average Bonchev–Trinajstić information content (AvgIpc) is 2.91. The number of aliphatic carboxylic acids is 1. The fourth-order valence-electron chi connectivity index (χ4n) is 3.19. The number of carboxylic acid groups (broad SMARTS) is 1. The Hall–Kier alpha value is -2.57. The highest BCUT2D eigenvalue weighted by molar-refractivity contribution is 5.85. The summed E-state index contributed by atoms with van der Waals surface area (Å²) in [4.78, 5) is 23.1. The van der Waals surface area contributed by atoms with Gasteiger partial charge in [-0.3, -0.25) is 0 Å². The highest BCUT2D eigenvalue weighted by Crippen LogP contribution is 2.44. The van der Waals surface area contributed by atoms with E-state index in [2.05, 4.69) is 5.32 Å². The number of nitrogens with one attached hydrogen (secondary N) is 1. The molecule has 0 heterocycles. The van der Waals surface area contributed by atoms with Gasteiger partial charge >= 0.3 is 12.1 Å². The molecule has 0 unspecified atom stereocenters. The first kappa shape index (κ1) is 19.8. The number of ether oxygens (including phenoxy) is 1. The molecule has 6 nitrogen and oxygen atoms in total. The van der Waals surface area contributed by atoms with Crippen LogP contribution in [0.25, 0.3) is 11.1 Å². The van der Waals surface area contributed by atoms with Crippen LogP contribution in [0.4, 0.5) is 4.79 Å². The molecule has 2 aromatic carbocycles. The summed E-state index contributed by atoms with van der Waals surface area (Å²) in [5, 5.41) is 11.4. The molecule has 0 bridgehead atoms. The average molecular weight is 377 g/mol. The third-order valence-electron chi connectivity index (χ3n) is 4.41. The zero-order valence-electron chi connectivity index (χ0n) is 14.2. The second kappa shape index (κ2) is 8.21. The van der Waals surface area contributed by atoms with Gasteiger partial charge in [0, 0.05) is 12.0 Å². The molecule has 0 spiro atoms. The molecule has 0 fully saturated rings. The Morgan fingerprint density at radius 1 is 1.12 bits per heavy atom. The summed E-state index contributed by atoms with van der Waals surface area (Å²) in [6.45, 7) is 1.65. The number of hydrogen-bond donors (Lipinski definition) is 3. The molecule has 2 atom stereocenters. The number of carbonyl (C=O) groups excluding carboxylic acids is 1. The SMILES string of the molecule is C[C@@H](N)[C@@H](NC(=O)OCC1c2ccccc2-c2ccccc21)C(=O)O.Cl. The Morgan fingerprint density at radius 3 is 2.08 bits per heavy atom. The fourth-order valence-corrected chi connectivity index (χ4v) is 3.19. The van der Waals surface area contributed by atoms with Crippen molar-refractivity contribution in [1.82, 2.24) is 5.32 Å². The molecule has 7 heteroatoms. The predicted octanol–water partition coefficient (Wildman–Crippen LogP) is 2.75. The second-order valence-corrected chi connectivity index (χ2v) is 6.14. The Morgan fingerprint density at radius 2 is 1.62 bits per heavy atom. The van der Waals surface area contributed by atoms with Crippen molar-refractivity contribution in [1.29, 1.82) is 0 Å². The number of amides is 1. The van der Waals surface area contributed by atoms with Crippen LogP contribution in [0, 0.1) is 0 Å². The Bertz CT molecular complexity index is 764. The lowest BCUT2D eigenvalue weighted by molar-refractivity contribution is -0.139. The van der Waals surface area contributed by atoms with Gasteiger partial charge in [0.25, 0.3) is 0 Å². The van der Waals surface area contributed by atoms with E-state index in [0.29, 0.717) is 0 Å². The van der Waals surface area contributed by atoms with Gasteiger partial charge < -0.3 is 20.9 Å². The quantitative estimate of drug-likeness (QED) is 0.744. The van der Waals surface area contributed by atoms with E-state index in [0.717, 1.165) is 22.3 Å². The van der Waals surface area contributed by atoms with Crippen molar-refractivity contribution < 1.29 is 19.4 Å². The smallest absolute Gasteiger partial charge is 0.407 e. The van der Waals surface area contributed by atoms with Crippen LogP contribution in [-0.4, -0.2) is 35.9 Å². The number of alkyl carbamates (subject to hydrolysis) is 1. The summed E-state index contributed by atoms with van der Waals surface area (Å²) in [7, 11) is 0. The van der Waals surface area contributed by atoms with Crippen molar-refractivity contribution in [2.75, 3.05) is 6.61 Å². The number of carboxylic acids is 1. The highest BCUT2D eigenvalue weighted by Gasteiger charge is 2.30. The number of hydrogen-bond acceptors (Lipinski definition) is 4. The van der Waals surface area contributed by atoms with Crippen LogP contribution < -0.4 is 11.1 Å². The first-order chi connectivity index (χ1) is 12.0. The van der Waals surface area contributed by atoms with Gasteiger partial charge in [0.15, 0.2) is 0 Å². The molecule has 0 saturated carbocycles. The maximum atomic E-state index is 12.0. The molecular formula is C19H21ClN2O4. The van der Waals surface area contributed by atoms with Crippen molar-refractivity contribution in [3.8, 4) is 11.1 Å². The molecule has 0 aliphatic heterocycles. The van der Waals surface area contributed by atoms with Crippen molar-refractivity contribution in [2.45, 2.75) is 24.9 Å². The molecule has 1 aliphatic rings. The summed E-state index contributed by atoms with van der Waals surface area (Å²) in [5.41, 5.74) is 10.0. The maximum absolute atomic E-state index is 12.0. The monoisotopic (exact) mass is 376 g/mol. The van der Waals surface area contributed by atoms with E-state index in [1.165, 1.54) is 6.92 Å². The van der Waals surface area contributed by atoms with Gasteiger partial charge in [0.1, 0.15) is 12.6 Å². The van der Waals surface area contributed by atoms with Crippen LogP contribution >= 0.6 is 12.4 Å². The molecule has 1 aliphatic carbocycles. The molecule has 26 heavy (non-hydrogen) atoms.